The molecule has 0 heterocycles. The number of rotatable bonds is 5. The minimum absolute atomic E-state index is 0.0357. The van der Waals surface area contributed by atoms with E-state index in [9.17, 15) is 4.79 Å². The predicted octanol–water partition coefficient (Wildman–Crippen LogP) is 1.60. The molecule has 1 saturated carbocycles. The predicted molar refractivity (Wildman–Crippen MR) is 66.8 cm³/mol. The molecule has 98 valence electrons. The first-order valence-corrected chi connectivity index (χ1v) is 6.18. The lowest BCUT2D eigenvalue weighted by Gasteiger charge is -2.41. The quantitative estimate of drug-likeness (QED) is 0.296. The number of hydrogen-bond donors (Lipinski definition) is 3. The van der Waals surface area contributed by atoms with Gasteiger partial charge in [0.05, 0.1) is 0 Å². The van der Waals surface area contributed by atoms with E-state index in [1.54, 1.807) is 0 Å². The maximum absolute atomic E-state index is 12.3. The van der Waals surface area contributed by atoms with Crippen molar-refractivity contribution in [3.05, 3.63) is 0 Å². The number of hydrogen-bond acceptors (Lipinski definition) is 3. The molecular formula is C12H23N3O2. The van der Waals surface area contributed by atoms with E-state index in [4.69, 9.17) is 10.9 Å². The van der Waals surface area contributed by atoms with Crippen molar-refractivity contribution in [3.63, 3.8) is 0 Å². The van der Waals surface area contributed by atoms with Gasteiger partial charge < -0.3 is 16.3 Å². The smallest absolute Gasteiger partial charge is 0.234 e. The Labute approximate surface area is 102 Å². The van der Waals surface area contributed by atoms with Crippen LogP contribution in [0, 0.1) is 5.41 Å². The monoisotopic (exact) mass is 241 g/mol. The number of nitrogens with two attached hydrogens (primary N) is 1. The summed E-state index contributed by atoms with van der Waals surface area (Å²) in [5, 5.41) is 14.8. The fourth-order valence-corrected chi connectivity index (χ4v) is 2.34. The van der Waals surface area contributed by atoms with Gasteiger partial charge in [0, 0.05) is 5.54 Å². The molecule has 1 aliphatic carbocycles. The van der Waals surface area contributed by atoms with Gasteiger partial charge in [0.15, 0.2) is 5.84 Å². The summed E-state index contributed by atoms with van der Waals surface area (Å²) in [6, 6.07) is 0. The van der Waals surface area contributed by atoms with E-state index in [0.717, 1.165) is 19.3 Å². The second-order valence-corrected chi connectivity index (χ2v) is 5.51. The van der Waals surface area contributed by atoms with Crippen molar-refractivity contribution >= 4 is 11.7 Å². The molecule has 0 atom stereocenters. The molecule has 5 nitrogen and oxygen atoms in total. The van der Waals surface area contributed by atoms with Gasteiger partial charge in [0.2, 0.25) is 5.91 Å². The van der Waals surface area contributed by atoms with Crippen molar-refractivity contribution in [1.29, 1.82) is 0 Å². The van der Waals surface area contributed by atoms with Gasteiger partial charge in [-0.05, 0) is 33.1 Å². The topological polar surface area (TPSA) is 87.7 Å². The third kappa shape index (κ3) is 2.70. The molecule has 1 aliphatic rings. The lowest BCUT2D eigenvalue weighted by Crippen LogP contribution is -2.58. The first kappa shape index (κ1) is 13.8. The highest BCUT2D eigenvalue weighted by molar-refractivity contribution is 6.07. The van der Waals surface area contributed by atoms with E-state index >= 15 is 0 Å². The average Bonchev–Trinajstić information content (AvgIpc) is 2.14. The van der Waals surface area contributed by atoms with Gasteiger partial charge in [0.25, 0.3) is 0 Å². The normalized spacial score (nSPS) is 19.6. The standard InChI is InChI=1S/C12H23N3O2/c1-4-6-11(2,3)14-10(16)12(7-5-8-12)9(13)15-17/h17H,4-8H2,1-3H3,(H2,13,15)(H,14,16). The molecule has 0 aromatic rings. The first-order valence-electron chi connectivity index (χ1n) is 6.18. The number of amides is 1. The number of carbonyl (C=O) groups excluding carboxylic acids is 1. The maximum atomic E-state index is 12.3. The largest absolute Gasteiger partial charge is 0.409 e. The Morgan fingerprint density at radius 3 is 2.47 bits per heavy atom. The third-order valence-electron chi connectivity index (χ3n) is 3.57. The number of nitrogens with zero attached hydrogens (tertiary/aromatic N) is 1. The van der Waals surface area contributed by atoms with Crippen molar-refractivity contribution in [2.45, 2.75) is 58.4 Å². The van der Waals surface area contributed by atoms with Crippen LogP contribution in [0.5, 0.6) is 0 Å². The van der Waals surface area contributed by atoms with E-state index in [2.05, 4.69) is 17.4 Å². The van der Waals surface area contributed by atoms with Crippen LogP contribution in [0.1, 0.15) is 52.9 Å². The summed E-state index contributed by atoms with van der Waals surface area (Å²) in [4.78, 5) is 12.3. The minimum atomic E-state index is -0.778. The van der Waals surface area contributed by atoms with Crippen LogP contribution < -0.4 is 11.1 Å². The average molecular weight is 241 g/mol. The van der Waals surface area contributed by atoms with Crippen LogP contribution >= 0.6 is 0 Å². The number of oxime groups is 1. The molecule has 0 bridgehead atoms. The third-order valence-corrected chi connectivity index (χ3v) is 3.57. The summed E-state index contributed by atoms with van der Waals surface area (Å²) in [6.45, 7) is 6.07. The molecule has 0 aliphatic heterocycles. The highest BCUT2D eigenvalue weighted by atomic mass is 16.4. The second kappa shape index (κ2) is 4.94. The Hall–Kier alpha value is -1.26. The van der Waals surface area contributed by atoms with Crippen molar-refractivity contribution in [1.82, 2.24) is 5.32 Å². The summed E-state index contributed by atoms with van der Waals surface area (Å²) in [6.07, 6.45) is 4.18. The SMILES string of the molecule is CCCC(C)(C)NC(=O)C1(C(N)=NO)CCC1. The van der Waals surface area contributed by atoms with E-state index in [1.807, 2.05) is 13.8 Å². The zero-order valence-corrected chi connectivity index (χ0v) is 10.9. The number of nitrogens with one attached hydrogen (secondary N) is 1. The Morgan fingerprint density at radius 2 is 2.12 bits per heavy atom. The molecule has 0 saturated heterocycles. The number of carbonyl (C=O) groups is 1. The van der Waals surface area contributed by atoms with Crippen LogP contribution in [0.2, 0.25) is 0 Å². The molecule has 0 aromatic heterocycles. The molecule has 0 spiro atoms. The fraction of sp³-hybridized carbons (Fsp3) is 0.833. The van der Waals surface area contributed by atoms with Gasteiger partial charge in [-0.25, -0.2) is 0 Å². The van der Waals surface area contributed by atoms with Gasteiger partial charge in [-0.2, -0.15) is 0 Å². The zero-order valence-electron chi connectivity index (χ0n) is 10.9. The fourth-order valence-electron chi connectivity index (χ4n) is 2.34. The molecule has 0 unspecified atom stereocenters. The molecule has 17 heavy (non-hydrogen) atoms. The highest BCUT2D eigenvalue weighted by Crippen LogP contribution is 2.41. The summed E-state index contributed by atoms with van der Waals surface area (Å²) in [7, 11) is 0. The zero-order chi connectivity index (χ0) is 13.1. The summed E-state index contributed by atoms with van der Waals surface area (Å²) in [5.41, 5.74) is 4.62. The van der Waals surface area contributed by atoms with Crippen molar-refractivity contribution in [2.24, 2.45) is 16.3 Å². The second-order valence-electron chi connectivity index (χ2n) is 5.51. The van der Waals surface area contributed by atoms with Crippen LogP contribution in [0.3, 0.4) is 0 Å². The van der Waals surface area contributed by atoms with E-state index < -0.39 is 5.41 Å². The minimum Gasteiger partial charge on any atom is -0.409 e. The Bertz CT molecular complexity index is 320. The summed E-state index contributed by atoms with van der Waals surface area (Å²) < 4.78 is 0. The molecule has 1 rings (SSSR count). The molecule has 1 amide bonds. The molecule has 4 N–H and O–H groups in total. The van der Waals surface area contributed by atoms with Crippen molar-refractivity contribution in [2.75, 3.05) is 0 Å². The van der Waals surface area contributed by atoms with Crippen LogP contribution in [0.25, 0.3) is 0 Å². The van der Waals surface area contributed by atoms with Gasteiger partial charge in [-0.15, -0.1) is 0 Å². The lowest BCUT2D eigenvalue weighted by molar-refractivity contribution is -0.132. The Morgan fingerprint density at radius 1 is 1.53 bits per heavy atom. The molecule has 5 heteroatoms. The van der Waals surface area contributed by atoms with Crippen LogP contribution in [0.15, 0.2) is 5.16 Å². The van der Waals surface area contributed by atoms with Gasteiger partial charge >= 0.3 is 0 Å². The van der Waals surface area contributed by atoms with Crippen LogP contribution in [-0.2, 0) is 4.79 Å². The van der Waals surface area contributed by atoms with Gasteiger partial charge in [-0.1, -0.05) is 24.9 Å². The first-order chi connectivity index (χ1) is 7.88. The van der Waals surface area contributed by atoms with Gasteiger partial charge in [0.1, 0.15) is 5.41 Å². The van der Waals surface area contributed by atoms with Crippen molar-refractivity contribution in [3.8, 4) is 0 Å². The van der Waals surface area contributed by atoms with Gasteiger partial charge in [-0.3, -0.25) is 4.79 Å². The summed E-state index contributed by atoms with van der Waals surface area (Å²) in [5.74, 6) is -0.0777. The number of amidine groups is 1. The maximum Gasteiger partial charge on any atom is 0.234 e. The summed E-state index contributed by atoms with van der Waals surface area (Å²) >= 11 is 0. The molecule has 0 aromatic carbocycles. The Balaban J connectivity index is 2.75. The van der Waals surface area contributed by atoms with E-state index in [0.29, 0.717) is 12.8 Å². The van der Waals surface area contributed by atoms with E-state index in [1.165, 1.54) is 0 Å². The molecular weight excluding hydrogens is 218 g/mol. The Kier molecular flexibility index (Phi) is 4.01. The van der Waals surface area contributed by atoms with Crippen LogP contribution in [0.4, 0.5) is 0 Å². The lowest BCUT2D eigenvalue weighted by atomic mass is 9.67. The van der Waals surface area contributed by atoms with E-state index in [-0.39, 0.29) is 17.3 Å². The van der Waals surface area contributed by atoms with Crippen molar-refractivity contribution < 1.29 is 10.0 Å². The van der Waals surface area contributed by atoms with Crippen LogP contribution in [-0.4, -0.2) is 22.5 Å². The highest BCUT2D eigenvalue weighted by Gasteiger charge is 2.49. The molecule has 0 radical (unpaired) electrons. The molecule has 1 fully saturated rings.